The maximum absolute atomic E-state index is 10.6. The van der Waals surface area contributed by atoms with E-state index in [1.165, 1.54) is 6.33 Å². The third-order valence-corrected chi connectivity index (χ3v) is 2.40. The van der Waals surface area contributed by atoms with E-state index in [9.17, 15) is 4.79 Å². The third-order valence-electron chi connectivity index (χ3n) is 2.40. The Hall–Kier alpha value is -2.11. The van der Waals surface area contributed by atoms with Crippen molar-refractivity contribution in [3.8, 4) is 0 Å². The number of carboxylic acid groups (broad SMARTS) is 1. The van der Waals surface area contributed by atoms with Crippen molar-refractivity contribution in [2.24, 2.45) is 0 Å². The molecule has 0 amide bonds. The summed E-state index contributed by atoms with van der Waals surface area (Å²) >= 11 is 0. The van der Waals surface area contributed by atoms with Crippen LogP contribution >= 0.6 is 0 Å². The lowest BCUT2D eigenvalue weighted by Gasteiger charge is -2.14. The summed E-state index contributed by atoms with van der Waals surface area (Å²) in [4.78, 5) is 14.7. The van der Waals surface area contributed by atoms with Gasteiger partial charge >= 0.3 is 5.97 Å². The van der Waals surface area contributed by atoms with Crippen molar-refractivity contribution in [3.05, 3.63) is 24.0 Å². The minimum Gasteiger partial charge on any atom is -0.481 e. The zero-order valence-electron chi connectivity index (χ0n) is 9.71. The maximum Gasteiger partial charge on any atom is 0.305 e. The molecule has 1 unspecified atom stereocenters. The average Bonchev–Trinajstić information content (AvgIpc) is 2.63. The summed E-state index contributed by atoms with van der Waals surface area (Å²) in [5.74, 6) is -0.0706. The second-order valence-corrected chi connectivity index (χ2v) is 4.09. The highest BCUT2D eigenvalue weighted by Crippen LogP contribution is 2.14. The second kappa shape index (κ2) is 4.40. The highest BCUT2D eigenvalue weighted by Gasteiger charge is 2.10. The number of hydrogen-bond acceptors (Lipinski definition) is 4. The van der Waals surface area contributed by atoms with Crippen LogP contribution in [0.3, 0.4) is 0 Å². The quantitative estimate of drug-likeness (QED) is 0.833. The summed E-state index contributed by atoms with van der Waals surface area (Å²) < 4.78 is 1.66. The number of carboxylic acids is 1. The van der Waals surface area contributed by atoms with Crippen molar-refractivity contribution in [2.45, 2.75) is 26.3 Å². The lowest BCUT2D eigenvalue weighted by Crippen LogP contribution is -2.21. The summed E-state index contributed by atoms with van der Waals surface area (Å²) in [6.45, 7) is 3.78. The van der Waals surface area contributed by atoms with Crippen molar-refractivity contribution in [1.29, 1.82) is 0 Å². The number of pyridine rings is 1. The molecule has 0 saturated carbocycles. The smallest absolute Gasteiger partial charge is 0.305 e. The fourth-order valence-electron chi connectivity index (χ4n) is 1.72. The lowest BCUT2D eigenvalue weighted by molar-refractivity contribution is -0.137. The summed E-state index contributed by atoms with van der Waals surface area (Å²) in [6, 6.07) is 3.67. The molecule has 6 nitrogen and oxygen atoms in total. The molecule has 6 heteroatoms. The Morgan fingerprint density at radius 1 is 1.59 bits per heavy atom. The van der Waals surface area contributed by atoms with Gasteiger partial charge in [-0.15, -0.1) is 0 Å². The van der Waals surface area contributed by atoms with Crippen molar-refractivity contribution in [2.75, 3.05) is 5.32 Å². The molecule has 2 rings (SSSR count). The first-order chi connectivity index (χ1) is 8.06. The molecule has 0 fully saturated rings. The molecule has 2 N–H and O–H groups in total. The molecule has 0 spiro atoms. The van der Waals surface area contributed by atoms with Crippen LogP contribution in [-0.2, 0) is 4.79 Å². The number of nitrogens with one attached hydrogen (secondary N) is 1. The fourth-order valence-corrected chi connectivity index (χ4v) is 1.72. The van der Waals surface area contributed by atoms with E-state index in [1.54, 1.807) is 4.52 Å². The Morgan fingerprint density at radius 2 is 2.35 bits per heavy atom. The molecule has 2 aromatic heterocycles. The minimum atomic E-state index is -0.826. The number of aryl methyl sites for hydroxylation is 1. The molecule has 0 aliphatic carbocycles. The molecule has 0 aliphatic heterocycles. The van der Waals surface area contributed by atoms with Gasteiger partial charge in [-0.3, -0.25) is 4.79 Å². The largest absolute Gasteiger partial charge is 0.481 e. The van der Waals surface area contributed by atoms with Crippen LogP contribution in [0.4, 0.5) is 5.82 Å². The van der Waals surface area contributed by atoms with Gasteiger partial charge in [-0.25, -0.2) is 4.98 Å². The zero-order chi connectivity index (χ0) is 12.4. The van der Waals surface area contributed by atoms with Crippen LogP contribution < -0.4 is 5.32 Å². The molecule has 17 heavy (non-hydrogen) atoms. The first-order valence-electron chi connectivity index (χ1n) is 5.35. The van der Waals surface area contributed by atoms with Gasteiger partial charge in [0.05, 0.1) is 6.42 Å². The summed E-state index contributed by atoms with van der Waals surface area (Å²) in [5.41, 5.74) is 1.80. The van der Waals surface area contributed by atoms with Gasteiger partial charge in [0.25, 0.3) is 0 Å². The van der Waals surface area contributed by atoms with Crippen LogP contribution in [0.15, 0.2) is 18.5 Å². The van der Waals surface area contributed by atoms with Crippen LogP contribution in [-0.4, -0.2) is 31.7 Å². The Kier molecular flexibility index (Phi) is 2.95. The van der Waals surface area contributed by atoms with Gasteiger partial charge in [0.2, 0.25) is 0 Å². The van der Waals surface area contributed by atoms with Crippen LogP contribution in [0.5, 0.6) is 0 Å². The number of fused-ring (bicyclic) bond motifs is 1. The highest BCUT2D eigenvalue weighted by atomic mass is 16.4. The number of aliphatic carboxylic acids is 1. The van der Waals surface area contributed by atoms with Gasteiger partial charge in [-0.1, -0.05) is 0 Å². The topological polar surface area (TPSA) is 79.5 Å². The number of hydrogen-bond donors (Lipinski definition) is 2. The van der Waals surface area contributed by atoms with Crippen molar-refractivity contribution < 1.29 is 9.90 Å². The Morgan fingerprint density at radius 3 is 3.06 bits per heavy atom. The highest BCUT2D eigenvalue weighted by molar-refractivity contribution is 5.68. The van der Waals surface area contributed by atoms with Crippen LogP contribution in [0.1, 0.15) is 18.9 Å². The molecule has 2 heterocycles. The minimum absolute atomic E-state index is 0.0597. The van der Waals surface area contributed by atoms with Crippen LogP contribution in [0.25, 0.3) is 5.65 Å². The molecule has 0 aromatic carbocycles. The second-order valence-electron chi connectivity index (χ2n) is 4.09. The normalized spacial score (nSPS) is 12.6. The first-order valence-corrected chi connectivity index (χ1v) is 5.35. The van der Waals surface area contributed by atoms with Crippen molar-refractivity contribution in [3.63, 3.8) is 0 Å². The number of anilines is 1. The molecule has 0 saturated heterocycles. The number of aromatic nitrogens is 3. The van der Waals surface area contributed by atoms with E-state index in [2.05, 4.69) is 15.4 Å². The molecule has 2 aromatic rings. The van der Waals surface area contributed by atoms with E-state index in [4.69, 9.17) is 5.11 Å². The zero-order valence-corrected chi connectivity index (χ0v) is 9.71. The predicted octanol–water partition coefficient (Wildman–Crippen LogP) is 1.31. The van der Waals surface area contributed by atoms with E-state index < -0.39 is 5.97 Å². The van der Waals surface area contributed by atoms with Gasteiger partial charge in [-0.05, 0) is 31.5 Å². The predicted molar refractivity (Wildman–Crippen MR) is 63.1 cm³/mol. The monoisotopic (exact) mass is 234 g/mol. The number of rotatable bonds is 4. The maximum atomic E-state index is 10.6. The standard InChI is InChI=1S/C11H14N4O2/c1-7-3-9-12-6-13-15(9)10(4-7)14-8(2)5-11(16)17/h3-4,6,8,14H,5H2,1-2H3,(H,16,17). The summed E-state index contributed by atoms with van der Waals surface area (Å²) in [5, 5.41) is 15.9. The van der Waals surface area contributed by atoms with Crippen molar-refractivity contribution >= 4 is 17.4 Å². The first kappa shape index (κ1) is 11.4. The van der Waals surface area contributed by atoms with E-state index in [1.807, 2.05) is 26.0 Å². The van der Waals surface area contributed by atoms with Crippen molar-refractivity contribution in [1.82, 2.24) is 14.6 Å². The lowest BCUT2D eigenvalue weighted by atomic mass is 10.2. The van der Waals surface area contributed by atoms with Crippen LogP contribution in [0, 0.1) is 6.92 Å². The Labute approximate surface area is 98.3 Å². The molecule has 1 atom stereocenters. The average molecular weight is 234 g/mol. The number of nitrogens with zero attached hydrogens (tertiary/aromatic N) is 3. The molecular weight excluding hydrogens is 220 g/mol. The van der Waals surface area contributed by atoms with Gasteiger partial charge in [0.15, 0.2) is 5.65 Å². The van der Waals surface area contributed by atoms with E-state index in [-0.39, 0.29) is 12.5 Å². The van der Waals surface area contributed by atoms with Gasteiger partial charge in [0.1, 0.15) is 12.1 Å². The molecule has 0 radical (unpaired) electrons. The number of carbonyl (C=O) groups is 1. The van der Waals surface area contributed by atoms with E-state index >= 15 is 0 Å². The van der Waals surface area contributed by atoms with E-state index in [0.717, 1.165) is 17.0 Å². The van der Waals surface area contributed by atoms with Gasteiger partial charge < -0.3 is 10.4 Å². The fraction of sp³-hybridized carbons (Fsp3) is 0.364. The molecule has 0 aliphatic rings. The molecule has 0 bridgehead atoms. The van der Waals surface area contributed by atoms with Crippen LogP contribution in [0.2, 0.25) is 0 Å². The van der Waals surface area contributed by atoms with Gasteiger partial charge in [0, 0.05) is 6.04 Å². The van der Waals surface area contributed by atoms with Gasteiger partial charge in [-0.2, -0.15) is 9.61 Å². The third kappa shape index (κ3) is 2.52. The Bertz CT molecular complexity index is 549. The molecule has 90 valence electrons. The summed E-state index contributed by atoms with van der Waals surface area (Å²) in [6.07, 6.45) is 1.53. The Balaban J connectivity index is 2.28. The SMILES string of the molecule is Cc1cc(NC(C)CC(=O)O)n2ncnc2c1. The van der Waals surface area contributed by atoms with E-state index in [0.29, 0.717) is 0 Å². The molecular formula is C11H14N4O2. The summed E-state index contributed by atoms with van der Waals surface area (Å²) in [7, 11) is 0.